The van der Waals surface area contributed by atoms with Crippen LogP contribution in [0.15, 0.2) is 29.6 Å². The van der Waals surface area contributed by atoms with Crippen molar-refractivity contribution < 1.29 is 0 Å². The fourth-order valence-corrected chi connectivity index (χ4v) is 2.15. The van der Waals surface area contributed by atoms with Crippen molar-refractivity contribution in [2.45, 2.75) is 40.3 Å². The highest BCUT2D eigenvalue weighted by Crippen LogP contribution is 2.27. The van der Waals surface area contributed by atoms with Gasteiger partial charge < -0.3 is 10.6 Å². The Morgan fingerprint density at radius 3 is 2.56 bits per heavy atom. The number of allylic oxidation sites excluding steroid dienone is 2. The van der Waals surface area contributed by atoms with Crippen LogP contribution in [-0.4, -0.2) is 4.90 Å². The Morgan fingerprint density at radius 2 is 1.94 bits per heavy atom. The minimum Gasteiger partial charge on any atom is -0.401 e. The lowest BCUT2D eigenvalue weighted by Crippen LogP contribution is -2.17. The molecule has 2 rings (SSSR count). The maximum atomic E-state index is 5.84. The minimum absolute atomic E-state index is 0.920. The van der Waals surface area contributed by atoms with E-state index in [9.17, 15) is 0 Å². The zero-order valence-corrected chi connectivity index (χ0v) is 10.4. The molecule has 0 bridgehead atoms. The van der Waals surface area contributed by atoms with Crippen molar-refractivity contribution in [3.05, 3.63) is 46.3 Å². The third-order valence-electron chi connectivity index (χ3n) is 3.45. The molecule has 1 aromatic carbocycles. The average molecular weight is 216 g/mol. The summed E-state index contributed by atoms with van der Waals surface area (Å²) < 4.78 is 0. The number of aryl methyl sites for hydroxylation is 1. The molecule has 16 heavy (non-hydrogen) atoms. The van der Waals surface area contributed by atoms with Crippen LogP contribution in [0.25, 0.3) is 0 Å². The second-order valence-electron chi connectivity index (χ2n) is 4.58. The van der Waals surface area contributed by atoms with Gasteiger partial charge in [0, 0.05) is 24.5 Å². The smallest absolute Gasteiger partial charge is 0.0434 e. The second-order valence-corrected chi connectivity index (χ2v) is 4.58. The monoisotopic (exact) mass is 216 g/mol. The highest BCUT2D eigenvalue weighted by molar-refractivity contribution is 5.36. The molecule has 0 atom stereocenters. The number of rotatable bonds is 2. The van der Waals surface area contributed by atoms with Crippen LogP contribution in [0.5, 0.6) is 0 Å². The van der Waals surface area contributed by atoms with Gasteiger partial charge in [-0.25, -0.2) is 0 Å². The van der Waals surface area contributed by atoms with Gasteiger partial charge >= 0.3 is 0 Å². The van der Waals surface area contributed by atoms with E-state index in [1.165, 1.54) is 22.4 Å². The predicted molar refractivity (Wildman–Crippen MR) is 67.6 cm³/mol. The van der Waals surface area contributed by atoms with Gasteiger partial charge in [0.25, 0.3) is 0 Å². The van der Waals surface area contributed by atoms with Gasteiger partial charge in [-0.05, 0) is 37.0 Å². The Bertz CT molecular complexity index is 428. The van der Waals surface area contributed by atoms with Crippen molar-refractivity contribution in [3.8, 4) is 0 Å². The number of benzene rings is 1. The van der Waals surface area contributed by atoms with Crippen LogP contribution >= 0.6 is 0 Å². The minimum atomic E-state index is 0.920. The Morgan fingerprint density at radius 1 is 1.25 bits per heavy atom. The number of fused-ring (bicyclic) bond motifs is 1. The molecule has 2 nitrogen and oxygen atoms in total. The Kier molecular flexibility index (Phi) is 2.90. The lowest BCUT2D eigenvalue weighted by Gasteiger charge is -2.19. The third kappa shape index (κ3) is 1.92. The molecule has 0 radical (unpaired) electrons. The Labute approximate surface area is 97.8 Å². The lowest BCUT2D eigenvalue weighted by atomic mass is 10.1. The molecule has 0 saturated heterocycles. The normalized spacial score (nSPS) is 16.1. The van der Waals surface area contributed by atoms with E-state index in [1.807, 2.05) is 6.92 Å². The maximum Gasteiger partial charge on any atom is 0.0434 e. The highest BCUT2D eigenvalue weighted by atomic mass is 15.2. The molecule has 0 unspecified atom stereocenters. The molecule has 86 valence electrons. The van der Waals surface area contributed by atoms with Crippen molar-refractivity contribution in [1.29, 1.82) is 0 Å². The summed E-state index contributed by atoms with van der Waals surface area (Å²) in [6, 6.07) is 6.82. The van der Waals surface area contributed by atoms with Crippen molar-refractivity contribution in [1.82, 2.24) is 4.90 Å². The molecule has 1 aromatic rings. The molecule has 1 aliphatic heterocycles. The third-order valence-corrected chi connectivity index (χ3v) is 3.45. The summed E-state index contributed by atoms with van der Waals surface area (Å²) in [6.45, 7) is 8.27. The molecular formula is C14H20N2. The quantitative estimate of drug-likeness (QED) is 0.823. The van der Waals surface area contributed by atoms with Crippen molar-refractivity contribution in [3.63, 3.8) is 0 Å². The van der Waals surface area contributed by atoms with E-state index in [2.05, 4.69) is 36.9 Å². The van der Waals surface area contributed by atoms with E-state index < -0.39 is 0 Å². The van der Waals surface area contributed by atoms with Crippen molar-refractivity contribution in [2.75, 3.05) is 0 Å². The summed E-state index contributed by atoms with van der Waals surface area (Å²) in [5.74, 6) is 0. The Balaban J connectivity index is 2.24. The van der Waals surface area contributed by atoms with Crippen LogP contribution < -0.4 is 5.73 Å². The molecule has 0 fully saturated rings. The van der Waals surface area contributed by atoms with Gasteiger partial charge in [0.05, 0.1) is 0 Å². The topological polar surface area (TPSA) is 29.3 Å². The molecule has 2 N–H and O–H groups in total. The van der Waals surface area contributed by atoms with Crippen LogP contribution in [0, 0.1) is 0 Å². The van der Waals surface area contributed by atoms with Crippen molar-refractivity contribution >= 4 is 0 Å². The molecule has 0 aliphatic carbocycles. The first-order valence-corrected chi connectivity index (χ1v) is 5.90. The number of nitrogens with zero attached hydrogens (tertiary/aromatic N) is 1. The lowest BCUT2D eigenvalue weighted by molar-refractivity contribution is 0.359. The van der Waals surface area contributed by atoms with Gasteiger partial charge in [0.15, 0.2) is 0 Å². The van der Waals surface area contributed by atoms with Crippen LogP contribution in [-0.2, 0) is 19.5 Å². The van der Waals surface area contributed by atoms with E-state index in [0.717, 1.165) is 25.2 Å². The maximum absolute atomic E-state index is 5.84. The van der Waals surface area contributed by atoms with E-state index >= 15 is 0 Å². The summed E-state index contributed by atoms with van der Waals surface area (Å²) in [6.07, 6.45) is 1.11. The molecular weight excluding hydrogens is 196 g/mol. The fourth-order valence-electron chi connectivity index (χ4n) is 2.15. The van der Waals surface area contributed by atoms with Crippen LogP contribution in [0.2, 0.25) is 0 Å². The number of hydrogen-bond acceptors (Lipinski definition) is 2. The molecule has 2 heteroatoms. The summed E-state index contributed by atoms with van der Waals surface area (Å²) in [5, 5.41) is 0. The first kappa shape index (κ1) is 11.1. The summed E-state index contributed by atoms with van der Waals surface area (Å²) in [5.41, 5.74) is 12.3. The summed E-state index contributed by atoms with van der Waals surface area (Å²) in [4.78, 5) is 2.35. The highest BCUT2D eigenvalue weighted by Gasteiger charge is 2.19. The van der Waals surface area contributed by atoms with E-state index in [-0.39, 0.29) is 0 Å². The molecule has 0 amide bonds. The van der Waals surface area contributed by atoms with Crippen molar-refractivity contribution in [2.24, 2.45) is 5.73 Å². The molecule has 1 heterocycles. The van der Waals surface area contributed by atoms with Gasteiger partial charge in [-0.15, -0.1) is 0 Å². The number of nitrogens with two attached hydrogens (primary N) is 1. The zero-order valence-electron chi connectivity index (χ0n) is 10.4. The summed E-state index contributed by atoms with van der Waals surface area (Å²) >= 11 is 0. The van der Waals surface area contributed by atoms with Gasteiger partial charge in [0.1, 0.15) is 0 Å². The molecule has 0 aromatic heterocycles. The molecule has 0 spiro atoms. The van der Waals surface area contributed by atoms with Crippen LogP contribution in [0.3, 0.4) is 0 Å². The van der Waals surface area contributed by atoms with Gasteiger partial charge in [-0.1, -0.05) is 25.1 Å². The SMILES string of the molecule is CCc1ccc2c(c1)CN(/C(C)=C(/C)N)C2. The standard InChI is InChI=1S/C14H20N2/c1-4-12-5-6-13-8-16(9-14(13)7-12)11(3)10(2)15/h5-7H,4,8-9,15H2,1-3H3/b11-10-. The predicted octanol–water partition coefficient (Wildman–Crippen LogP) is 2.77. The average Bonchev–Trinajstić information content (AvgIpc) is 2.69. The number of hydrogen-bond donors (Lipinski definition) is 1. The zero-order chi connectivity index (χ0) is 11.7. The van der Waals surface area contributed by atoms with E-state index in [0.29, 0.717) is 0 Å². The van der Waals surface area contributed by atoms with E-state index in [4.69, 9.17) is 5.73 Å². The van der Waals surface area contributed by atoms with E-state index in [1.54, 1.807) is 0 Å². The second kappa shape index (κ2) is 4.20. The summed E-state index contributed by atoms with van der Waals surface area (Å²) in [7, 11) is 0. The molecule has 1 aliphatic rings. The first-order chi connectivity index (χ1) is 7.61. The van der Waals surface area contributed by atoms with Crippen LogP contribution in [0.4, 0.5) is 0 Å². The van der Waals surface area contributed by atoms with Gasteiger partial charge in [0.2, 0.25) is 0 Å². The van der Waals surface area contributed by atoms with Gasteiger partial charge in [-0.2, -0.15) is 0 Å². The van der Waals surface area contributed by atoms with Crippen LogP contribution in [0.1, 0.15) is 37.5 Å². The fraction of sp³-hybridized carbons (Fsp3) is 0.429. The largest absolute Gasteiger partial charge is 0.401 e. The Hall–Kier alpha value is -1.44. The first-order valence-electron chi connectivity index (χ1n) is 5.90. The van der Waals surface area contributed by atoms with Gasteiger partial charge in [-0.3, -0.25) is 0 Å². The molecule has 0 saturated carbocycles.